The average Bonchev–Trinajstić information content (AvgIpc) is 2.31. The van der Waals surface area contributed by atoms with Gasteiger partial charge in [-0.25, -0.2) is 4.98 Å². The van der Waals surface area contributed by atoms with E-state index in [0.717, 1.165) is 18.5 Å². The fraction of sp³-hybridized carbons (Fsp3) is 0.571. The van der Waals surface area contributed by atoms with Crippen molar-refractivity contribution in [3.05, 3.63) is 10.6 Å². The summed E-state index contributed by atoms with van der Waals surface area (Å²) < 4.78 is 0. The molecule has 0 saturated carbocycles. The Labute approximate surface area is 69.4 Å². The molecular formula is C7H11N3S. The quantitative estimate of drug-likeness (QED) is 0.610. The van der Waals surface area contributed by atoms with Gasteiger partial charge in [0.1, 0.15) is 0 Å². The monoisotopic (exact) mass is 169 g/mol. The van der Waals surface area contributed by atoms with Crippen LogP contribution < -0.4 is 11.5 Å². The molecule has 0 radical (unpaired) electrons. The number of hydrogen-bond acceptors (Lipinski definition) is 4. The lowest BCUT2D eigenvalue weighted by Crippen LogP contribution is -2.16. The first kappa shape index (κ1) is 7.06. The van der Waals surface area contributed by atoms with E-state index < -0.39 is 0 Å². The lowest BCUT2D eigenvalue weighted by Gasteiger charge is -2.15. The van der Waals surface area contributed by atoms with E-state index in [1.54, 1.807) is 11.3 Å². The molecule has 1 aliphatic rings. The van der Waals surface area contributed by atoms with E-state index in [0.29, 0.717) is 5.13 Å². The molecule has 0 spiro atoms. The fourth-order valence-corrected chi connectivity index (χ4v) is 2.41. The average molecular weight is 169 g/mol. The Bertz CT molecular complexity index is 269. The highest BCUT2D eigenvalue weighted by Gasteiger charge is 2.20. The van der Waals surface area contributed by atoms with Gasteiger partial charge in [0, 0.05) is 10.9 Å². The van der Waals surface area contributed by atoms with Crippen molar-refractivity contribution in [1.82, 2.24) is 4.98 Å². The molecule has 0 bridgehead atoms. The van der Waals surface area contributed by atoms with Crippen molar-refractivity contribution in [3.8, 4) is 0 Å². The van der Waals surface area contributed by atoms with Crippen LogP contribution in [0.4, 0.5) is 5.13 Å². The second-order valence-electron chi connectivity index (χ2n) is 2.86. The summed E-state index contributed by atoms with van der Waals surface area (Å²) >= 11 is 1.58. The predicted octanol–water partition coefficient (Wildman–Crippen LogP) is 1.06. The van der Waals surface area contributed by atoms with Crippen LogP contribution in [0.2, 0.25) is 0 Å². The number of thiazole rings is 1. The number of hydrogen-bond donors (Lipinski definition) is 2. The summed E-state index contributed by atoms with van der Waals surface area (Å²) in [4.78, 5) is 5.50. The zero-order chi connectivity index (χ0) is 7.84. The second-order valence-corrected chi connectivity index (χ2v) is 3.97. The number of aromatic nitrogens is 1. The van der Waals surface area contributed by atoms with E-state index in [4.69, 9.17) is 11.5 Å². The minimum Gasteiger partial charge on any atom is -0.375 e. The first-order valence-electron chi connectivity index (χ1n) is 3.78. The van der Waals surface area contributed by atoms with E-state index in [9.17, 15) is 0 Å². The smallest absolute Gasteiger partial charge is 0.180 e. The Balaban J connectivity index is 2.43. The predicted molar refractivity (Wildman–Crippen MR) is 46.4 cm³/mol. The molecule has 1 aliphatic carbocycles. The standard InChI is InChI=1S/C7H11N3S/c8-4-2-1-3-5-6(4)10-7(9)11-5/h4H,1-3,8H2,(H2,9,10)/t4-/m0/s1. The lowest BCUT2D eigenvalue weighted by atomic mass is 9.99. The first-order valence-corrected chi connectivity index (χ1v) is 4.59. The highest BCUT2D eigenvalue weighted by molar-refractivity contribution is 7.15. The molecular weight excluding hydrogens is 158 g/mol. The van der Waals surface area contributed by atoms with E-state index in [1.807, 2.05) is 0 Å². The van der Waals surface area contributed by atoms with Gasteiger partial charge in [0.05, 0.1) is 5.69 Å². The molecule has 2 rings (SSSR count). The molecule has 11 heavy (non-hydrogen) atoms. The van der Waals surface area contributed by atoms with Gasteiger partial charge < -0.3 is 11.5 Å². The minimum atomic E-state index is 0.132. The number of anilines is 1. The highest BCUT2D eigenvalue weighted by atomic mass is 32.1. The first-order chi connectivity index (χ1) is 5.27. The topological polar surface area (TPSA) is 64.9 Å². The van der Waals surface area contributed by atoms with Crippen molar-refractivity contribution in [2.24, 2.45) is 5.73 Å². The van der Waals surface area contributed by atoms with Crippen LogP contribution in [0.15, 0.2) is 0 Å². The number of nitrogen functional groups attached to an aromatic ring is 1. The molecule has 0 aliphatic heterocycles. The maximum atomic E-state index is 5.85. The van der Waals surface area contributed by atoms with E-state index in [2.05, 4.69) is 4.98 Å². The van der Waals surface area contributed by atoms with Crippen LogP contribution in [0.5, 0.6) is 0 Å². The van der Waals surface area contributed by atoms with Gasteiger partial charge in [0.2, 0.25) is 0 Å². The Morgan fingerprint density at radius 3 is 3.09 bits per heavy atom. The maximum Gasteiger partial charge on any atom is 0.180 e. The van der Waals surface area contributed by atoms with Gasteiger partial charge in [-0.1, -0.05) is 0 Å². The summed E-state index contributed by atoms with van der Waals surface area (Å²) in [6.07, 6.45) is 3.34. The Kier molecular flexibility index (Phi) is 1.58. The van der Waals surface area contributed by atoms with Gasteiger partial charge in [-0.05, 0) is 19.3 Å². The number of fused-ring (bicyclic) bond motifs is 1. The third-order valence-electron chi connectivity index (χ3n) is 2.01. The van der Waals surface area contributed by atoms with Crippen LogP contribution in [0, 0.1) is 0 Å². The van der Waals surface area contributed by atoms with Gasteiger partial charge in [0.15, 0.2) is 5.13 Å². The molecule has 4 heteroatoms. The van der Waals surface area contributed by atoms with Crippen LogP contribution in [0.25, 0.3) is 0 Å². The zero-order valence-corrected chi connectivity index (χ0v) is 7.03. The molecule has 1 aromatic heterocycles. The Morgan fingerprint density at radius 1 is 1.55 bits per heavy atom. The highest BCUT2D eigenvalue weighted by Crippen LogP contribution is 2.32. The van der Waals surface area contributed by atoms with Crippen LogP contribution in [-0.2, 0) is 6.42 Å². The molecule has 4 N–H and O–H groups in total. The van der Waals surface area contributed by atoms with E-state index in [1.165, 1.54) is 11.3 Å². The van der Waals surface area contributed by atoms with Gasteiger partial charge in [-0.15, -0.1) is 11.3 Å². The molecule has 1 heterocycles. The molecule has 0 unspecified atom stereocenters. The van der Waals surface area contributed by atoms with E-state index in [-0.39, 0.29) is 6.04 Å². The largest absolute Gasteiger partial charge is 0.375 e. The van der Waals surface area contributed by atoms with Crippen molar-refractivity contribution in [3.63, 3.8) is 0 Å². The third kappa shape index (κ3) is 1.12. The second kappa shape index (κ2) is 2.46. The normalized spacial score (nSPS) is 23.2. The van der Waals surface area contributed by atoms with Gasteiger partial charge in [-0.3, -0.25) is 0 Å². The number of nitrogens with zero attached hydrogens (tertiary/aromatic N) is 1. The Hall–Kier alpha value is -0.610. The fourth-order valence-electron chi connectivity index (χ4n) is 1.47. The van der Waals surface area contributed by atoms with Gasteiger partial charge >= 0.3 is 0 Å². The molecule has 0 aromatic carbocycles. The third-order valence-corrected chi connectivity index (χ3v) is 2.97. The summed E-state index contributed by atoms with van der Waals surface area (Å²) in [5.41, 5.74) is 12.5. The molecule has 0 saturated heterocycles. The van der Waals surface area contributed by atoms with Crippen molar-refractivity contribution >= 4 is 16.5 Å². The van der Waals surface area contributed by atoms with Crippen molar-refractivity contribution in [2.45, 2.75) is 25.3 Å². The number of aryl methyl sites for hydroxylation is 1. The molecule has 1 aromatic rings. The number of nitrogens with two attached hydrogens (primary N) is 2. The van der Waals surface area contributed by atoms with Crippen LogP contribution in [0.1, 0.15) is 29.5 Å². The lowest BCUT2D eigenvalue weighted by molar-refractivity contribution is 0.564. The maximum absolute atomic E-state index is 5.85. The van der Waals surface area contributed by atoms with Crippen molar-refractivity contribution < 1.29 is 0 Å². The SMILES string of the molecule is Nc1nc2c(s1)CCC[C@@H]2N. The molecule has 0 fully saturated rings. The molecule has 3 nitrogen and oxygen atoms in total. The molecule has 0 amide bonds. The Morgan fingerprint density at radius 2 is 2.36 bits per heavy atom. The van der Waals surface area contributed by atoms with Gasteiger partial charge in [-0.2, -0.15) is 0 Å². The van der Waals surface area contributed by atoms with Gasteiger partial charge in [0.25, 0.3) is 0 Å². The van der Waals surface area contributed by atoms with Crippen LogP contribution in [-0.4, -0.2) is 4.98 Å². The van der Waals surface area contributed by atoms with Crippen LogP contribution >= 0.6 is 11.3 Å². The van der Waals surface area contributed by atoms with Crippen LogP contribution in [0.3, 0.4) is 0 Å². The summed E-state index contributed by atoms with van der Waals surface area (Å²) in [5.74, 6) is 0. The molecule has 1 atom stereocenters. The summed E-state index contributed by atoms with van der Waals surface area (Å²) in [6, 6.07) is 0.132. The number of rotatable bonds is 0. The summed E-state index contributed by atoms with van der Waals surface area (Å²) in [5, 5.41) is 0.660. The zero-order valence-electron chi connectivity index (χ0n) is 6.21. The summed E-state index contributed by atoms with van der Waals surface area (Å²) in [6.45, 7) is 0. The van der Waals surface area contributed by atoms with E-state index >= 15 is 0 Å². The van der Waals surface area contributed by atoms with Crippen molar-refractivity contribution in [2.75, 3.05) is 5.73 Å². The van der Waals surface area contributed by atoms with Crippen molar-refractivity contribution in [1.29, 1.82) is 0 Å². The minimum absolute atomic E-state index is 0.132. The summed E-state index contributed by atoms with van der Waals surface area (Å²) in [7, 11) is 0. The molecule has 60 valence electrons.